The number of imide groups is 1. The number of hydrogen-bond acceptors (Lipinski definition) is 7. The average Bonchev–Trinajstić information content (AvgIpc) is 3.08. The molecular formula is C23H20F2N2O7. The molecule has 2 saturated heterocycles. The van der Waals surface area contributed by atoms with Crippen molar-refractivity contribution in [2.75, 3.05) is 13.2 Å². The molecule has 11 heteroatoms. The summed E-state index contributed by atoms with van der Waals surface area (Å²) in [5.41, 5.74) is 0.221. The Bertz CT molecular complexity index is 1080. The lowest BCUT2D eigenvalue weighted by Crippen LogP contribution is -2.59. The van der Waals surface area contributed by atoms with Gasteiger partial charge in [-0.1, -0.05) is 36.4 Å². The summed E-state index contributed by atoms with van der Waals surface area (Å²) in [4.78, 5) is 49.1. The van der Waals surface area contributed by atoms with Crippen LogP contribution in [0.4, 0.5) is 13.6 Å². The molecule has 2 fully saturated rings. The predicted octanol–water partition coefficient (Wildman–Crippen LogP) is 2.37. The molecule has 0 aliphatic carbocycles. The standard InChI is InChI=1S/C23H20F2N2O7/c24-23(25)18(34-20(30)15-9-5-2-6-10-15)16(13-32-19(29)14-7-3-1-4-8-14)33-21(23)27-12-11-17(28)26-22(27)31/h1-10,16,18,21H,11-13H2,(H,26,28,31)/t16?,18-,21-/m1/s1. The van der Waals surface area contributed by atoms with E-state index in [-0.39, 0.29) is 24.1 Å². The molecule has 2 aliphatic heterocycles. The predicted molar refractivity (Wildman–Crippen MR) is 111 cm³/mol. The molecule has 1 unspecified atom stereocenters. The van der Waals surface area contributed by atoms with Gasteiger partial charge in [0, 0.05) is 13.0 Å². The number of nitrogens with one attached hydrogen (secondary N) is 1. The van der Waals surface area contributed by atoms with Gasteiger partial charge in [0.25, 0.3) is 0 Å². The van der Waals surface area contributed by atoms with Crippen molar-refractivity contribution < 1.29 is 42.2 Å². The minimum Gasteiger partial charge on any atom is -0.459 e. The summed E-state index contributed by atoms with van der Waals surface area (Å²) < 4.78 is 46.6. The Kier molecular flexibility index (Phi) is 6.55. The number of esters is 2. The Labute approximate surface area is 192 Å². The van der Waals surface area contributed by atoms with Crippen LogP contribution >= 0.6 is 0 Å². The van der Waals surface area contributed by atoms with E-state index in [4.69, 9.17) is 14.2 Å². The van der Waals surface area contributed by atoms with Crippen LogP contribution in [-0.4, -0.2) is 66.3 Å². The Morgan fingerprint density at radius 1 is 1.00 bits per heavy atom. The molecule has 0 saturated carbocycles. The fourth-order valence-corrected chi connectivity index (χ4v) is 3.65. The SMILES string of the molecule is O=C1CCN([C@@H]2OC(COC(=O)c3ccccc3)[C@@H](OC(=O)c3ccccc3)C2(F)F)C(=O)N1. The first-order chi connectivity index (χ1) is 16.3. The first kappa shape index (κ1) is 23.3. The third-order valence-electron chi connectivity index (χ3n) is 5.35. The van der Waals surface area contributed by atoms with Gasteiger partial charge >= 0.3 is 23.9 Å². The summed E-state index contributed by atoms with van der Waals surface area (Å²) in [6.07, 6.45) is -6.09. The molecule has 3 atom stereocenters. The third-order valence-corrected chi connectivity index (χ3v) is 5.35. The quantitative estimate of drug-likeness (QED) is 0.640. The minimum absolute atomic E-state index is 0.0306. The second kappa shape index (κ2) is 9.56. The number of amides is 3. The van der Waals surface area contributed by atoms with Gasteiger partial charge in [-0.05, 0) is 24.3 Å². The van der Waals surface area contributed by atoms with E-state index in [0.717, 1.165) is 0 Å². The smallest absolute Gasteiger partial charge is 0.338 e. The van der Waals surface area contributed by atoms with Gasteiger partial charge in [0.15, 0.2) is 6.10 Å². The summed E-state index contributed by atoms with van der Waals surface area (Å²) in [5.74, 6) is -6.30. The number of hydrogen-bond donors (Lipinski definition) is 1. The Balaban J connectivity index is 1.55. The molecule has 1 N–H and O–H groups in total. The van der Waals surface area contributed by atoms with Crippen LogP contribution in [-0.2, 0) is 19.0 Å². The molecular weight excluding hydrogens is 454 g/mol. The molecule has 4 rings (SSSR count). The first-order valence-electron chi connectivity index (χ1n) is 10.4. The zero-order chi connectivity index (χ0) is 24.3. The van der Waals surface area contributed by atoms with Crippen LogP contribution in [0.1, 0.15) is 27.1 Å². The molecule has 0 bridgehead atoms. The lowest BCUT2D eigenvalue weighted by atomic mass is 10.1. The van der Waals surface area contributed by atoms with E-state index >= 15 is 8.78 Å². The van der Waals surface area contributed by atoms with E-state index in [0.29, 0.717) is 4.90 Å². The van der Waals surface area contributed by atoms with Crippen LogP contribution in [0.5, 0.6) is 0 Å². The molecule has 34 heavy (non-hydrogen) atoms. The second-order valence-electron chi connectivity index (χ2n) is 7.65. The summed E-state index contributed by atoms with van der Waals surface area (Å²) in [6.45, 7) is -0.984. The van der Waals surface area contributed by atoms with Gasteiger partial charge in [0.2, 0.25) is 12.1 Å². The highest BCUT2D eigenvalue weighted by atomic mass is 19.3. The zero-order valence-corrected chi connectivity index (χ0v) is 17.7. The first-order valence-corrected chi connectivity index (χ1v) is 10.4. The number of carbonyl (C=O) groups excluding carboxylic acids is 4. The number of alkyl halides is 2. The second-order valence-corrected chi connectivity index (χ2v) is 7.65. The molecule has 2 aromatic rings. The molecule has 0 spiro atoms. The van der Waals surface area contributed by atoms with Crippen molar-refractivity contribution in [2.24, 2.45) is 0 Å². The van der Waals surface area contributed by atoms with E-state index in [1.54, 1.807) is 24.3 Å². The van der Waals surface area contributed by atoms with Crippen LogP contribution in [0.25, 0.3) is 0 Å². The Morgan fingerprint density at radius 2 is 1.59 bits per heavy atom. The topological polar surface area (TPSA) is 111 Å². The number of nitrogens with zero attached hydrogens (tertiary/aromatic N) is 1. The van der Waals surface area contributed by atoms with Gasteiger partial charge in [-0.2, -0.15) is 8.78 Å². The summed E-state index contributed by atoms with van der Waals surface area (Å²) in [6, 6.07) is 14.3. The van der Waals surface area contributed by atoms with Crippen molar-refractivity contribution in [3.05, 3.63) is 71.8 Å². The molecule has 0 radical (unpaired) electrons. The number of carbonyl (C=O) groups is 4. The normalized spacial score (nSPS) is 23.8. The van der Waals surface area contributed by atoms with E-state index in [1.165, 1.54) is 36.4 Å². The maximum Gasteiger partial charge on any atom is 0.338 e. The maximum atomic E-state index is 15.5. The van der Waals surface area contributed by atoms with Gasteiger partial charge in [0.1, 0.15) is 12.7 Å². The number of halogens is 2. The molecule has 178 valence electrons. The van der Waals surface area contributed by atoms with Crippen molar-refractivity contribution in [1.29, 1.82) is 0 Å². The van der Waals surface area contributed by atoms with E-state index < -0.39 is 54.8 Å². The fraction of sp³-hybridized carbons (Fsp3) is 0.304. The molecule has 2 heterocycles. The number of rotatable bonds is 6. The maximum absolute atomic E-state index is 15.5. The van der Waals surface area contributed by atoms with Crippen LogP contribution in [0, 0.1) is 0 Å². The molecule has 2 aromatic carbocycles. The number of benzene rings is 2. The van der Waals surface area contributed by atoms with Crippen LogP contribution in [0.15, 0.2) is 60.7 Å². The van der Waals surface area contributed by atoms with Crippen LogP contribution in [0.2, 0.25) is 0 Å². The Morgan fingerprint density at radius 3 is 2.18 bits per heavy atom. The van der Waals surface area contributed by atoms with Gasteiger partial charge in [-0.3, -0.25) is 15.0 Å². The molecule has 2 aliphatic rings. The highest BCUT2D eigenvalue weighted by Crippen LogP contribution is 2.41. The van der Waals surface area contributed by atoms with E-state index in [9.17, 15) is 19.2 Å². The van der Waals surface area contributed by atoms with Gasteiger partial charge in [-0.25, -0.2) is 14.4 Å². The third kappa shape index (κ3) is 4.74. The van der Waals surface area contributed by atoms with Gasteiger partial charge < -0.3 is 14.2 Å². The number of ether oxygens (including phenoxy) is 3. The van der Waals surface area contributed by atoms with Crippen molar-refractivity contribution in [3.8, 4) is 0 Å². The summed E-state index contributed by atoms with van der Waals surface area (Å²) >= 11 is 0. The molecule has 3 amide bonds. The average molecular weight is 474 g/mol. The largest absolute Gasteiger partial charge is 0.459 e. The monoisotopic (exact) mass is 474 g/mol. The van der Waals surface area contributed by atoms with Crippen LogP contribution < -0.4 is 5.32 Å². The zero-order valence-electron chi connectivity index (χ0n) is 17.7. The van der Waals surface area contributed by atoms with Crippen molar-refractivity contribution in [2.45, 2.75) is 30.8 Å². The lowest BCUT2D eigenvalue weighted by Gasteiger charge is -2.34. The summed E-state index contributed by atoms with van der Waals surface area (Å²) in [7, 11) is 0. The Hall–Kier alpha value is -3.86. The highest BCUT2D eigenvalue weighted by molar-refractivity contribution is 5.96. The lowest BCUT2D eigenvalue weighted by molar-refractivity contribution is -0.159. The number of urea groups is 1. The van der Waals surface area contributed by atoms with Crippen molar-refractivity contribution >= 4 is 23.9 Å². The van der Waals surface area contributed by atoms with Crippen molar-refractivity contribution in [1.82, 2.24) is 10.2 Å². The highest BCUT2D eigenvalue weighted by Gasteiger charge is 2.64. The van der Waals surface area contributed by atoms with Crippen LogP contribution in [0.3, 0.4) is 0 Å². The van der Waals surface area contributed by atoms with Gasteiger partial charge in [0.05, 0.1) is 11.1 Å². The van der Waals surface area contributed by atoms with E-state index in [1.807, 2.05) is 5.32 Å². The van der Waals surface area contributed by atoms with Crippen molar-refractivity contribution in [3.63, 3.8) is 0 Å². The van der Waals surface area contributed by atoms with E-state index in [2.05, 4.69) is 0 Å². The molecule has 9 nitrogen and oxygen atoms in total. The fourth-order valence-electron chi connectivity index (χ4n) is 3.65. The molecule has 0 aromatic heterocycles. The minimum atomic E-state index is -3.87. The van der Waals surface area contributed by atoms with Gasteiger partial charge in [-0.15, -0.1) is 0 Å². The summed E-state index contributed by atoms with van der Waals surface area (Å²) in [5, 5.41) is 1.95.